The van der Waals surface area contributed by atoms with Crippen molar-refractivity contribution in [1.29, 1.82) is 0 Å². The Labute approximate surface area is 292 Å². The van der Waals surface area contributed by atoms with Gasteiger partial charge >= 0.3 is 0 Å². The number of pyridine rings is 1. The number of benzene rings is 4. The van der Waals surface area contributed by atoms with Gasteiger partial charge in [-0.3, -0.25) is 4.98 Å². The molecule has 1 aliphatic carbocycles. The quantitative estimate of drug-likeness (QED) is 0.145. The summed E-state index contributed by atoms with van der Waals surface area (Å²) >= 11 is 0.238. The summed E-state index contributed by atoms with van der Waals surface area (Å²) in [5.74, 6) is 0.604. The minimum Gasteiger partial charge on any atom is -0.256 e. The monoisotopic (exact) mass is 657 g/mol. The summed E-state index contributed by atoms with van der Waals surface area (Å²) in [6, 6.07) is 34.8. The Balaban J connectivity index is 1.36. The highest BCUT2D eigenvalue weighted by Gasteiger charge is 2.15. The number of hydrogen-bond acceptors (Lipinski definition) is 4. The van der Waals surface area contributed by atoms with Gasteiger partial charge in [0.1, 0.15) is 0 Å². The lowest BCUT2D eigenvalue weighted by atomic mass is 9.93. The number of hydrogen-bond donors (Lipinski definition) is 0. The molecule has 2 heterocycles. The molecule has 0 N–H and O–H groups in total. The first-order valence-corrected chi connectivity index (χ1v) is 17.4. The first-order chi connectivity index (χ1) is 24.1. The maximum absolute atomic E-state index is 14.4. The van der Waals surface area contributed by atoms with Gasteiger partial charge in [-0.2, -0.15) is 3.89 Å². The molecule has 0 bridgehead atoms. The molecule has 0 fully saturated rings. The number of rotatable bonds is 9. The van der Waals surface area contributed by atoms with Crippen LogP contribution in [-0.2, 0) is 0 Å². The van der Waals surface area contributed by atoms with Gasteiger partial charge in [-0.15, -0.1) is 0 Å². The molecule has 0 amide bonds. The normalized spacial score (nSPS) is 13.5. The van der Waals surface area contributed by atoms with Crippen LogP contribution in [-0.4, -0.2) is 15.0 Å². The van der Waals surface area contributed by atoms with Gasteiger partial charge < -0.3 is 0 Å². The van der Waals surface area contributed by atoms with E-state index in [1.165, 1.54) is 24.0 Å². The second-order valence-corrected chi connectivity index (χ2v) is 12.8. The molecule has 0 unspecified atom stereocenters. The van der Waals surface area contributed by atoms with Crippen molar-refractivity contribution >= 4 is 34.2 Å². The average molecular weight is 658 g/mol. The van der Waals surface area contributed by atoms with Crippen LogP contribution in [0.4, 0.5) is 3.89 Å². The Morgan fingerprint density at radius 3 is 2.27 bits per heavy atom. The van der Waals surface area contributed by atoms with E-state index in [4.69, 9.17) is 9.97 Å². The fourth-order valence-electron chi connectivity index (χ4n) is 6.50. The van der Waals surface area contributed by atoms with Gasteiger partial charge in [0.25, 0.3) is 0 Å². The van der Waals surface area contributed by atoms with Crippen LogP contribution < -0.4 is 0 Å². The highest BCUT2D eigenvalue weighted by Crippen LogP contribution is 2.37. The molecule has 0 atom stereocenters. The van der Waals surface area contributed by atoms with Gasteiger partial charge in [-0.05, 0) is 102 Å². The van der Waals surface area contributed by atoms with E-state index in [1.807, 2.05) is 55.5 Å². The zero-order valence-electron chi connectivity index (χ0n) is 27.4. The van der Waals surface area contributed by atoms with Crippen LogP contribution in [0.2, 0.25) is 0 Å². The molecule has 2 aromatic heterocycles. The van der Waals surface area contributed by atoms with Gasteiger partial charge in [0.2, 0.25) is 0 Å². The summed E-state index contributed by atoms with van der Waals surface area (Å²) < 4.78 is 14.4. The van der Waals surface area contributed by atoms with Crippen LogP contribution >= 0.6 is 12.1 Å². The lowest BCUT2D eigenvalue weighted by Crippen LogP contribution is -1.97. The maximum Gasteiger partial charge on any atom is 0.160 e. The molecule has 4 aromatic carbocycles. The summed E-state index contributed by atoms with van der Waals surface area (Å²) in [4.78, 5) is 15.2. The van der Waals surface area contributed by atoms with E-state index in [1.54, 1.807) is 12.3 Å². The van der Waals surface area contributed by atoms with Gasteiger partial charge in [0.15, 0.2) is 5.82 Å². The summed E-state index contributed by atoms with van der Waals surface area (Å²) in [6.45, 7) is 5.88. The van der Waals surface area contributed by atoms with Crippen molar-refractivity contribution in [3.8, 4) is 45.0 Å². The van der Waals surface area contributed by atoms with Crippen LogP contribution in [0, 0.1) is 0 Å². The molecule has 49 heavy (non-hydrogen) atoms. The summed E-state index contributed by atoms with van der Waals surface area (Å²) in [7, 11) is 0. The molecule has 0 saturated heterocycles. The zero-order valence-corrected chi connectivity index (χ0v) is 28.3. The third kappa shape index (κ3) is 7.08. The van der Waals surface area contributed by atoms with E-state index < -0.39 is 0 Å². The molecule has 7 rings (SSSR count). The summed E-state index contributed by atoms with van der Waals surface area (Å²) in [5, 5.41) is 1.01. The van der Waals surface area contributed by atoms with Crippen LogP contribution in [0.5, 0.6) is 0 Å². The Morgan fingerprint density at radius 2 is 1.53 bits per heavy atom. The van der Waals surface area contributed by atoms with Crippen molar-refractivity contribution in [1.82, 2.24) is 15.0 Å². The van der Waals surface area contributed by atoms with E-state index in [0.717, 1.165) is 74.1 Å². The molecule has 1 aliphatic rings. The molecule has 6 aromatic rings. The minimum atomic E-state index is 0.238. The van der Waals surface area contributed by atoms with E-state index in [9.17, 15) is 3.89 Å². The van der Waals surface area contributed by atoms with Crippen LogP contribution in [0.15, 0.2) is 151 Å². The Bertz CT molecular complexity index is 2230. The minimum absolute atomic E-state index is 0.238. The summed E-state index contributed by atoms with van der Waals surface area (Å²) in [6.07, 6.45) is 16.8. The Kier molecular flexibility index (Phi) is 9.72. The molecular weight excluding hydrogens is 622 g/mol. The molecule has 0 radical (unpaired) electrons. The maximum atomic E-state index is 14.4. The molecule has 0 spiro atoms. The van der Waals surface area contributed by atoms with Crippen molar-refractivity contribution in [2.45, 2.75) is 37.5 Å². The number of halogens is 1. The van der Waals surface area contributed by atoms with Crippen LogP contribution in [0.1, 0.15) is 43.7 Å². The molecular formula is C44H36FN3S. The van der Waals surface area contributed by atoms with Gasteiger partial charge in [-0.1, -0.05) is 104 Å². The highest BCUT2D eigenvalue weighted by molar-refractivity contribution is 7.94. The first-order valence-electron chi connectivity index (χ1n) is 16.7. The summed E-state index contributed by atoms with van der Waals surface area (Å²) in [5.41, 5.74) is 11.9. The number of aromatic nitrogens is 3. The average Bonchev–Trinajstić information content (AvgIpc) is 3.17. The molecule has 5 heteroatoms. The van der Waals surface area contributed by atoms with E-state index in [2.05, 4.69) is 90.4 Å². The number of nitrogens with zero attached hydrogens (tertiary/aromatic N) is 3. The lowest BCUT2D eigenvalue weighted by Gasteiger charge is -2.14. The molecule has 240 valence electrons. The van der Waals surface area contributed by atoms with Gasteiger partial charge in [-0.25, -0.2) is 9.97 Å². The van der Waals surface area contributed by atoms with E-state index in [-0.39, 0.29) is 12.1 Å². The second-order valence-electron chi connectivity index (χ2n) is 12.1. The first kappa shape index (κ1) is 32.2. The largest absolute Gasteiger partial charge is 0.256 e. The van der Waals surface area contributed by atoms with Gasteiger partial charge in [0.05, 0.1) is 29.1 Å². The number of fused-ring (bicyclic) bond motifs is 1. The topological polar surface area (TPSA) is 38.7 Å². The van der Waals surface area contributed by atoms with E-state index in [0.29, 0.717) is 10.7 Å². The van der Waals surface area contributed by atoms with E-state index >= 15 is 0 Å². The predicted octanol–water partition coefficient (Wildman–Crippen LogP) is 12.8. The third-order valence-corrected chi connectivity index (χ3v) is 9.35. The van der Waals surface area contributed by atoms with Gasteiger partial charge in [0, 0.05) is 33.2 Å². The van der Waals surface area contributed by atoms with Crippen molar-refractivity contribution in [2.24, 2.45) is 0 Å². The standard InChI is InChI=1S/C44H36FN3S/c1-3-10-30(11-4-2)32-19-23-35(24-20-32)44-47-42(34-21-17-33(18-22-34)31-12-6-5-7-13-31)29-43(48-44)37-26-36(27-38(28-37)49-45)39-14-8-16-41-40(39)15-9-25-46-41/h3-4,8-12,14-29H,1,5-7,13H2,2H3/b11-4-,30-10+. The molecule has 0 saturated carbocycles. The molecule has 0 aliphatic heterocycles. The number of allylic oxidation sites excluding steroid dienone is 7. The van der Waals surface area contributed by atoms with Crippen molar-refractivity contribution in [3.05, 3.63) is 157 Å². The second kappa shape index (κ2) is 14.8. The van der Waals surface area contributed by atoms with Crippen molar-refractivity contribution < 1.29 is 3.89 Å². The Hall–Kier alpha value is -5.39. The van der Waals surface area contributed by atoms with Crippen LogP contribution in [0.25, 0.3) is 67.1 Å². The van der Waals surface area contributed by atoms with Crippen molar-refractivity contribution in [3.63, 3.8) is 0 Å². The fourth-order valence-corrected chi connectivity index (χ4v) is 6.84. The third-order valence-electron chi connectivity index (χ3n) is 8.94. The van der Waals surface area contributed by atoms with Crippen molar-refractivity contribution in [2.75, 3.05) is 0 Å². The highest BCUT2D eigenvalue weighted by atomic mass is 32.2. The van der Waals surface area contributed by atoms with Crippen LogP contribution in [0.3, 0.4) is 0 Å². The molecule has 3 nitrogen and oxygen atoms in total. The Morgan fingerprint density at radius 1 is 0.776 bits per heavy atom. The predicted molar refractivity (Wildman–Crippen MR) is 205 cm³/mol. The smallest absolute Gasteiger partial charge is 0.160 e. The zero-order chi connectivity index (χ0) is 33.6. The lowest BCUT2D eigenvalue weighted by molar-refractivity contribution is 0.742. The SMILES string of the molecule is C=C/C=C(\C=C/C)c1ccc(-c2nc(-c3ccc(C4=CCCCC4)cc3)cc(-c3cc(SF)cc(-c4cccc5ncccc45)c3)n2)cc1. The fraction of sp³-hybridized carbons (Fsp3) is 0.114.